The zero-order valence-electron chi connectivity index (χ0n) is 9.02. The third-order valence-corrected chi connectivity index (χ3v) is 2.35. The molecule has 0 radical (unpaired) electrons. The molecule has 1 aromatic rings. The van der Waals surface area contributed by atoms with Crippen LogP contribution in [-0.2, 0) is 19.3 Å². The summed E-state index contributed by atoms with van der Waals surface area (Å²) in [4.78, 5) is 8.99. The van der Waals surface area contributed by atoms with Gasteiger partial charge >= 0.3 is 0 Å². The van der Waals surface area contributed by atoms with E-state index in [0.717, 1.165) is 30.8 Å². The maximum absolute atomic E-state index is 4.53. The van der Waals surface area contributed by atoms with Crippen LogP contribution in [0, 0.1) is 6.92 Å². The van der Waals surface area contributed by atoms with Gasteiger partial charge in [0, 0.05) is 17.8 Å². The number of hydrogen-bond acceptors (Lipinski definition) is 2. The molecule has 0 atom stereocenters. The van der Waals surface area contributed by atoms with E-state index < -0.39 is 0 Å². The van der Waals surface area contributed by atoms with Gasteiger partial charge in [-0.15, -0.1) is 0 Å². The lowest BCUT2D eigenvalue weighted by Gasteiger charge is -2.09. The lowest BCUT2D eigenvalue weighted by molar-refractivity contribution is 0.833. The smallest absolute Gasteiger partial charge is 0.128 e. The normalized spacial score (nSPS) is 10.5. The van der Waals surface area contributed by atoms with Crippen LogP contribution < -0.4 is 0 Å². The van der Waals surface area contributed by atoms with Crippen molar-refractivity contribution in [2.45, 2.75) is 47.0 Å². The summed E-state index contributed by atoms with van der Waals surface area (Å²) in [5.74, 6) is 0.978. The molecule has 0 aliphatic carbocycles. The molecule has 1 aromatic heterocycles. The van der Waals surface area contributed by atoms with E-state index in [1.807, 2.05) is 0 Å². The summed E-state index contributed by atoms with van der Waals surface area (Å²) in [5.41, 5.74) is 3.72. The predicted molar refractivity (Wildman–Crippen MR) is 54.9 cm³/mol. The summed E-state index contributed by atoms with van der Waals surface area (Å²) in [6.45, 7) is 8.50. The van der Waals surface area contributed by atoms with Crippen LogP contribution in [0.25, 0.3) is 0 Å². The maximum atomic E-state index is 4.53. The maximum Gasteiger partial charge on any atom is 0.128 e. The zero-order chi connectivity index (χ0) is 9.84. The van der Waals surface area contributed by atoms with Gasteiger partial charge in [0.25, 0.3) is 0 Å². The van der Waals surface area contributed by atoms with E-state index in [2.05, 4.69) is 37.7 Å². The van der Waals surface area contributed by atoms with Crippen molar-refractivity contribution in [3.63, 3.8) is 0 Å². The van der Waals surface area contributed by atoms with E-state index in [4.69, 9.17) is 0 Å². The molecule has 0 N–H and O–H groups in total. The lowest BCUT2D eigenvalue weighted by Crippen LogP contribution is -2.05. The standard InChI is InChI=1S/C11H18N2/c1-5-9-8(4)12-11(7-3)13-10(9)6-2/h5-7H2,1-4H3. The van der Waals surface area contributed by atoms with Crippen LogP contribution in [0.3, 0.4) is 0 Å². The largest absolute Gasteiger partial charge is 0.238 e. The number of aryl methyl sites for hydroxylation is 3. The number of rotatable bonds is 3. The molecule has 0 unspecified atom stereocenters. The third-order valence-electron chi connectivity index (χ3n) is 2.35. The molecule has 0 saturated heterocycles. The predicted octanol–water partition coefficient (Wildman–Crippen LogP) is 2.47. The average Bonchev–Trinajstić information content (AvgIpc) is 2.16. The molecule has 0 saturated carbocycles. The van der Waals surface area contributed by atoms with Gasteiger partial charge in [-0.25, -0.2) is 9.97 Å². The van der Waals surface area contributed by atoms with Gasteiger partial charge in [-0.2, -0.15) is 0 Å². The Labute approximate surface area is 80.4 Å². The van der Waals surface area contributed by atoms with Gasteiger partial charge in [-0.05, 0) is 25.3 Å². The van der Waals surface area contributed by atoms with Crippen molar-refractivity contribution in [2.75, 3.05) is 0 Å². The quantitative estimate of drug-likeness (QED) is 0.710. The van der Waals surface area contributed by atoms with Crippen molar-refractivity contribution in [1.82, 2.24) is 9.97 Å². The first-order valence-corrected chi connectivity index (χ1v) is 5.08. The van der Waals surface area contributed by atoms with Gasteiger partial charge in [-0.3, -0.25) is 0 Å². The molecule has 2 heteroatoms. The second-order valence-electron chi connectivity index (χ2n) is 3.21. The Bertz CT molecular complexity index is 292. The van der Waals surface area contributed by atoms with Crippen molar-refractivity contribution in [2.24, 2.45) is 0 Å². The van der Waals surface area contributed by atoms with E-state index in [1.165, 1.54) is 11.3 Å². The van der Waals surface area contributed by atoms with Gasteiger partial charge in [-0.1, -0.05) is 20.8 Å². The van der Waals surface area contributed by atoms with Crippen LogP contribution in [0.5, 0.6) is 0 Å². The minimum absolute atomic E-state index is 0.928. The molecule has 1 heterocycles. The molecule has 0 aliphatic heterocycles. The monoisotopic (exact) mass is 178 g/mol. The fourth-order valence-electron chi connectivity index (χ4n) is 1.63. The number of nitrogens with zero attached hydrogens (tertiary/aromatic N) is 2. The molecule has 0 fully saturated rings. The Morgan fingerprint density at radius 3 is 2.08 bits per heavy atom. The molecule has 0 aromatic carbocycles. The summed E-state index contributed by atoms with van der Waals surface area (Å²) in [6.07, 6.45) is 2.98. The topological polar surface area (TPSA) is 25.8 Å². The molecule has 0 aliphatic rings. The first-order valence-electron chi connectivity index (χ1n) is 5.08. The zero-order valence-corrected chi connectivity index (χ0v) is 9.02. The Kier molecular flexibility index (Phi) is 3.40. The first kappa shape index (κ1) is 10.2. The molecular weight excluding hydrogens is 160 g/mol. The van der Waals surface area contributed by atoms with Crippen molar-refractivity contribution in [1.29, 1.82) is 0 Å². The summed E-state index contributed by atoms with van der Waals surface area (Å²) >= 11 is 0. The van der Waals surface area contributed by atoms with Crippen molar-refractivity contribution >= 4 is 0 Å². The summed E-state index contributed by atoms with van der Waals surface area (Å²) in [7, 11) is 0. The third kappa shape index (κ3) is 2.06. The Morgan fingerprint density at radius 1 is 0.923 bits per heavy atom. The summed E-state index contributed by atoms with van der Waals surface area (Å²) < 4.78 is 0. The average molecular weight is 178 g/mol. The van der Waals surface area contributed by atoms with E-state index in [9.17, 15) is 0 Å². The highest BCUT2D eigenvalue weighted by molar-refractivity contribution is 5.25. The van der Waals surface area contributed by atoms with Gasteiger partial charge in [0.05, 0.1) is 0 Å². The van der Waals surface area contributed by atoms with Crippen LogP contribution in [0.2, 0.25) is 0 Å². The highest BCUT2D eigenvalue weighted by atomic mass is 14.9. The fraction of sp³-hybridized carbons (Fsp3) is 0.636. The van der Waals surface area contributed by atoms with E-state index in [-0.39, 0.29) is 0 Å². The van der Waals surface area contributed by atoms with Crippen LogP contribution in [0.4, 0.5) is 0 Å². The number of aromatic nitrogens is 2. The highest BCUT2D eigenvalue weighted by Gasteiger charge is 2.06. The minimum atomic E-state index is 0.928. The van der Waals surface area contributed by atoms with Crippen LogP contribution in [0.15, 0.2) is 0 Å². The minimum Gasteiger partial charge on any atom is -0.238 e. The Hall–Kier alpha value is -0.920. The molecular formula is C11H18N2. The summed E-state index contributed by atoms with van der Waals surface area (Å²) in [5, 5.41) is 0. The molecule has 1 rings (SSSR count). The number of hydrogen-bond donors (Lipinski definition) is 0. The molecule has 0 bridgehead atoms. The van der Waals surface area contributed by atoms with Crippen molar-refractivity contribution < 1.29 is 0 Å². The van der Waals surface area contributed by atoms with Crippen LogP contribution in [0.1, 0.15) is 43.5 Å². The molecule has 72 valence electrons. The Balaban J connectivity index is 3.20. The fourth-order valence-corrected chi connectivity index (χ4v) is 1.63. The lowest BCUT2D eigenvalue weighted by atomic mass is 10.1. The van der Waals surface area contributed by atoms with Gasteiger partial charge in [0.2, 0.25) is 0 Å². The SMILES string of the molecule is CCc1nc(C)c(CC)c(CC)n1. The first-order chi connectivity index (χ1) is 6.22. The second kappa shape index (κ2) is 4.35. The molecule has 2 nitrogen and oxygen atoms in total. The van der Waals surface area contributed by atoms with Crippen LogP contribution in [-0.4, -0.2) is 9.97 Å². The van der Waals surface area contributed by atoms with Crippen LogP contribution >= 0.6 is 0 Å². The van der Waals surface area contributed by atoms with E-state index >= 15 is 0 Å². The summed E-state index contributed by atoms with van der Waals surface area (Å²) in [6, 6.07) is 0. The molecule has 0 spiro atoms. The van der Waals surface area contributed by atoms with E-state index in [1.54, 1.807) is 0 Å². The molecule has 0 amide bonds. The van der Waals surface area contributed by atoms with Crippen molar-refractivity contribution in [3.8, 4) is 0 Å². The molecule has 13 heavy (non-hydrogen) atoms. The van der Waals surface area contributed by atoms with Crippen molar-refractivity contribution in [3.05, 3.63) is 22.8 Å². The van der Waals surface area contributed by atoms with E-state index in [0.29, 0.717) is 0 Å². The van der Waals surface area contributed by atoms with Gasteiger partial charge < -0.3 is 0 Å². The Morgan fingerprint density at radius 2 is 1.62 bits per heavy atom. The van der Waals surface area contributed by atoms with Gasteiger partial charge in [0.1, 0.15) is 5.82 Å². The van der Waals surface area contributed by atoms with Gasteiger partial charge in [0.15, 0.2) is 0 Å². The highest BCUT2D eigenvalue weighted by Crippen LogP contribution is 2.12. The second-order valence-corrected chi connectivity index (χ2v) is 3.21.